The highest BCUT2D eigenvalue weighted by atomic mass is 16.3. The molecular weight excluding hydrogens is 252 g/mol. The molecule has 108 valence electrons. The monoisotopic (exact) mass is 274 g/mol. The Morgan fingerprint density at radius 3 is 2.85 bits per heavy atom. The molecule has 0 saturated carbocycles. The largest absolute Gasteiger partial charge is 0.464 e. The van der Waals surface area contributed by atoms with Gasteiger partial charge in [-0.25, -0.2) is 0 Å². The Morgan fingerprint density at radius 1 is 1.40 bits per heavy atom. The summed E-state index contributed by atoms with van der Waals surface area (Å²) in [5.74, 6) is 0.00609. The average Bonchev–Trinajstić information content (AvgIpc) is 2.77. The van der Waals surface area contributed by atoms with E-state index in [4.69, 9.17) is 10.2 Å². The summed E-state index contributed by atoms with van der Waals surface area (Å²) >= 11 is 0. The predicted octanol–water partition coefficient (Wildman–Crippen LogP) is 2.45. The van der Waals surface area contributed by atoms with Crippen molar-refractivity contribution in [2.75, 3.05) is 6.54 Å². The van der Waals surface area contributed by atoms with Crippen LogP contribution in [0.1, 0.15) is 30.0 Å². The SMILES string of the molecule is Cc1ccc2c(CC(=O)NCCC(C)N)coc2c1C. The van der Waals surface area contributed by atoms with Gasteiger partial charge in [-0.05, 0) is 38.3 Å². The Morgan fingerprint density at radius 2 is 2.15 bits per heavy atom. The van der Waals surface area contributed by atoms with E-state index in [1.54, 1.807) is 6.26 Å². The summed E-state index contributed by atoms with van der Waals surface area (Å²) < 4.78 is 5.60. The second-order valence-electron chi connectivity index (χ2n) is 5.44. The lowest BCUT2D eigenvalue weighted by Crippen LogP contribution is -2.29. The number of furan rings is 1. The Balaban J connectivity index is 2.07. The number of amides is 1. The van der Waals surface area contributed by atoms with Crippen LogP contribution in [0, 0.1) is 13.8 Å². The maximum atomic E-state index is 11.9. The predicted molar refractivity (Wildman–Crippen MR) is 80.7 cm³/mol. The summed E-state index contributed by atoms with van der Waals surface area (Å²) in [4.78, 5) is 11.9. The maximum Gasteiger partial charge on any atom is 0.224 e. The van der Waals surface area contributed by atoms with E-state index in [-0.39, 0.29) is 11.9 Å². The van der Waals surface area contributed by atoms with Crippen molar-refractivity contribution in [3.63, 3.8) is 0 Å². The topological polar surface area (TPSA) is 68.3 Å². The molecule has 3 N–H and O–H groups in total. The average molecular weight is 274 g/mol. The summed E-state index contributed by atoms with van der Waals surface area (Å²) in [6.45, 7) is 6.64. The molecule has 1 amide bonds. The maximum absolute atomic E-state index is 11.9. The van der Waals surface area contributed by atoms with Gasteiger partial charge in [-0.3, -0.25) is 4.79 Å². The van der Waals surface area contributed by atoms with E-state index in [0.717, 1.165) is 28.5 Å². The molecule has 0 aliphatic heterocycles. The molecule has 2 aromatic rings. The quantitative estimate of drug-likeness (QED) is 0.880. The molecule has 4 heteroatoms. The number of rotatable bonds is 5. The lowest BCUT2D eigenvalue weighted by atomic mass is 10.0. The minimum absolute atomic E-state index is 0.00609. The zero-order valence-electron chi connectivity index (χ0n) is 12.3. The van der Waals surface area contributed by atoms with Crippen molar-refractivity contribution in [1.29, 1.82) is 0 Å². The minimum atomic E-state index is 0.00609. The molecule has 4 nitrogen and oxygen atoms in total. The number of benzene rings is 1. The highest BCUT2D eigenvalue weighted by Gasteiger charge is 2.12. The van der Waals surface area contributed by atoms with Crippen LogP contribution in [0.4, 0.5) is 0 Å². The molecule has 0 bridgehead atoms. The van der Waals surface area contributed by atoms with Gasteiger partial charge in [0.05, 0.1) is 12.7 Å². The lowest BCUT2D eigenvalue weighted by molar-refractivity contribution is -0.120. The molecule has 2 rings (SSSR count). The van der Waals surface area contributed by atoms with Crippen LogP contribution >= 0.6 is 0 Å². The van der Waals surface area contributed by atoms with Crippen molar-refractivity contribution in [3.05, 3.63) is 35.1 Å². The second-order valence-corrected chi connectivity index (χ2v) is 5.44. The first-order valence-corrected chi connectivity index (χ1v) is 6.97. The third-order valence-electron chi connectivity index (χ3n) is 3.61. The fourth-order valence-electron chi connectivity index (χ4n) is 2.20. The number of hydrogen-bond acceptors (Lipinski definition) is 3. The van der Waals surface area contributed by atoms with Gasteiger partial charge in [-0.15, -0.1) is 0 Å². The summed E-state index contributed by atoms with van der Waals surface area (Å²) in [6.07, 6.45) is 2.81. The first-order valence-electron chi connectivity index (χ1n) is 6.97. The highest BCUT2D eigenvalue weighted by Crippen LogP contribution is 2.26. The molecule has 1 atom stereocenters. The van der Waals surface area contributed by atoms with Crippen molar-refractivity contribution < 1.29 is 9.21 Å². The zero-order valence-corrected chi connectivity index (χ0v) is 12.3. The van der Waals surface area contributed by atoms with Crippen LogP contribution in [-0.2, 0) is 11.2 Å². The van der Waals surface area contributed by atoms with Crippen LogP contribution < -0.4 is 11.1 Å². The molecule has 0 spiro atoms. The normalized spacial score (nSPS) is 12.6. The van der Waals surface area contributed by atoms with Gasteiger partial charge in [-0.1, -0.05) is 12.1 Å². The first kappa shape index (κ1) is 14.6. The van der Waals surface area contributed by atoms with Crippen LogP contribution in [0.5, 0.6) is 0 Å². The fraction of sp³-hybridized carbons (Fsp3) is 0.438. The number of carbonyl (C=O) groups is 1. The molecule has 1 heterocycles. The highest BCUT2D eigenvalue weighted by molar-refractivity contribution is 5.89. The molecular formula is C16H22N2O2. The number of carbonyl (C=O) groups excluding carboxylic acids is 1. The van der Waals surface area contributed by atoms with Crippen molar-refractivity contribution in [2.45, 2.75) is 39.7 Å². The molecule has 1 aromatic heterocycles. The van der Waals surface area contributed by atoms with E-state index in [0.29, 0.717) is 13.0 Å². The Labute approximate surface area is 119 Å². The van der Waals surface area contributed by atoms with E-state index in [1.165, 1.54) is 5.56 Å². The molecule has 0 saturated heterocycles. The van der Waals surface area contributed by atoms with Crippen molar-refractivity contribution in [3.8, 4) is 0 Å². The van der Waals surface area contributed by atoms with E-state index in [2.05, 4.69) is 18.3 Å². The van der Waals surface area contributed by atoms with E-state index in [9.17, 15) is 4.79 Å². The Bertz CT molecular complexity index is 614. The van der Waals surface area contributed by atoms with Crippen molar-refractivity contribution in [2.24, 2.45) is 5.73 Å². The van der Waals surface area contributed by atoms with Crippen LogP contribution in [0.25, 0.3) is 11.0 Å². The van der Waals surface area contributed by atoms with Crippen LogP contribution in [0.2, 0.25) is 0 Å². The molecule has 0 aliphatic rings. The van der Waals surface area contributed by atoms with Gasteiger partial charge in [0.25, 0.3) is 0 Å². The van der Waals surface area contributed by atoms with Crippen LogP contribution in [0.15, 0.2) is 22.8 Å². The van der Waals surface area contributed by atoms with Gasteiger partial charge in [0.15, 0.2) is 0 Å². The zero-order chi connectivity index (χ0) is 14.7. The summed E-state index contributed by atoms with van der Waals surface area (Å²) in [7, 11) is 0. The van der Waals surface area contributed by atoms with Gasteiger partial charge in [0, 0.05) is 23.5 Å². The third kappa shape index (κ3) is 3.20. The molecule has 0 radical (unpaired) electrons. The number of nitrogens with two attached hydrogens (primary N) is 1. The molecule has 1 unspecified atom stereocenters. The number of aryl methyl sites for hydroxylation is 2. The van der Waals surface area contributed by atoms with Crippen LogP contribution in [0.3, 0.4) is 0 Å². The van der Waals surface area contributed by atoms with Crippen LogP contribution in [-0.4, -0.2) is 18.5 Å². The van der Waals surface area contributed by atoms with Gasteiger partial charge in [-0.2, -0.15) is 0 Å². The van der Waals surface area contributed by atoms with Gasteiger partial charge in [0.1, 0.15) is 5.58 Å². The summed E-state index contributed by atoms with van der Waals surface area (Å²) in [5, 5.41) is 3.91. The summed E-state index contributed by atoms with van der Waals surface area (Å²) in [5.41, 5.74) is 9.79. The smallest absolute Gasteiger partial charge is 0.224 e. The second kappa shape index (κ2) is 6.09. The number of hydrogen-bond donors (Lipinski definition) is 2. The van der Waals surface area contributed by atoms with E-state index >= 15 is 0 Å². The molecule has 0 aliphatic carbocycles. The molecule has 1 aromatic carbocycles. The molecule has 20 heavy (non-hydrogen) atoms. The van der Waals surface area contributed by atoms with Gasteiger partial charge < -0.3 is 15.5 Å². The van der Waals surface area contributed by atoms with Gasteiger partial charge >= 0.3 is 0 Å². The van der Waals surface area contributed by atoms with Crippen molar-refractivity contribution in [1.82, 2.24) is 5.32 Å². The van der Waals surface area contributed by atoms with E-state index in [1.807, 2.05) is 19.9 Å². The first-order chi connectivity index (χ1) is 9.49. The standard InChI is InChI=1S/C16H22N2O2/c1-10-4-5-14-13(9-20-16(14)12(10)3)8-15(19)18-7-6-11(2)17/h4-5,9,11H,6-8,17H2,1-3H3,(H,18,19). The molecule has 0 fully saturated rings. The third-order valence-corrected chi connectivity index (χ3v) is 3.61. The summed E-state index contributed by atoms with van der Waals surface area (Å²) in [6, 6.07) is 4.19. The fourth-order valence-corrected chi connectivity index (χ4v) is 2.20. The minimum Gasteiger partial charge on any atom is -0.464 e. The van der Waals surface area contributed by atoms with E-state index < -0.39 is 0 Å². The number of nitrogens with one attached hydrogen (secondary N) is 1. The Hall–Kier alpha value is -1.81. The lowest BCUT2D eigenvalue weighted by Gasteiger charge is -2.06. The van der Waals surface area contributed by atoms with Crippen molar-refractivity contribution >= 4 is 16.9 Å². The van der Waals surface area contributed by atoms with Gasteiger partial charge in [0.2, 0.25) is 5.91 Å². The number of fused-ring (bicyclic) bond motifs is 1. The Kier molecular flexibility index (Phi) is 4.45.